The van der Waals surface area contributed by atoms with Crippen LogP contribution in [0.1, 0.15) is 5.76 Å². The van der Waals surface area contributed by atoms with Crippen LogP contribution in [0.2, 0.25) is 0 Å². The number of hydrogen-bond acceptors (Lipinski definition) is 5. The van der Waals surface area contributed by atoms with Gasteiger partial charge in [0, 0.05) is 0 Å². The Hall–Kier alpha value is -1.40. The van der Waals surface area contributed by atoms with Crippen molar-refractivity contribution in [2.45, 2.75) is 6.54 Å². The van der Waals surface area contributed by atoms with Crippen molar-refractivity contribution in [3.05, 3.63) is 28.0 Å². The molecule has 1 aromatic heterocycles. The Morgan fingerprint density at radius 2 is 2.45 bits per heavy atom. The molecule has 0 fully saturated rings. The summed E-state index contributed by atoms with van der Waals surface area (Å²) in [6.07, 6.45) is 0. The SMILES string of the molecule is O=[N+]([O-])c1ccc(CNO)o1. The van der Waals surface area contributed by atoms with Crippen LogP contribution >= 0.6 is 0 Å². The van der Waals surface area contributed by atoms with Crippen molar-refractivity contribution in [1.29, 1.82) is 0 Å². The van der Waals surface area contributed by atoms with Crippen LogP contribution in [0, 0.1) is 10.1 Å². The second-order valence-corrected chi connectivity index (χ2v) is 1.83. The lowest BCUT2D eigenvalue weighted by Crippen LogP contribution is -2.04. The van der Waals surface area contributed by atoms with Gasteiger partial charge in [-0.05, 0) is 6.07 Å². The zero-order valence-corrected chi connectivity index (χ0v) is 5.48. The van der Waals surface area contributed by atoms with E-state index in [0.29, 0.717) is 5.76 Å². The maximum absolute atomic E-state index is 10.0. The summed E-state index contributed by atoms with van der Waals surface area (Å²) in [4.78, 5) is 9.41. The molecule has 1 aromatic rings. The van der Waals surface area contributed by atoms with E-state index >= 15 is 0 Å². The van der Waals surface area contributed by atoms with Gasteiger partial charge in [0.1, 0.15) is 10.7 Å². The molecule has 0 saturated heterocycles. The number of nitrogens with one attached hydrogen (secondary N) is 1. The number of hydroxylamine groups is 1. The van der Waals surface area contributed by atoms with Crippen LogP contribution < -0.4 is 5.48 Å². The zero-order chi connectivity index (χ0) is 8.27. The summed E-state index contributed by atoms with van der Waals surface area (Å²) in [7, 11) is 0. The van der Waals surface area contributed by atoms with Gasteiger partial charge in [0.2, 0.25) is 0 Å². The van der Waals surface area contributed by atoms with Gasteiger partial charge in [0.05, 0.1) is 12.6 Å². The summed E-state index contributed by atoms with van der Waals surface area (Å²) in [5.41, 5.74) is 1.82. The normalized spacial score (nSPS) is 9.91. The van der Waals surface area contributed by atoms with Crippen molar-refractivity contribution in [2.75, 3.05) is 0 Å². The molecule has 0 saturated carbocycles. The van der Waals surface area contributed by atoms with E-state index < -0.39 is 4.92 Å². The first-order chi connectivity index (χ1) is 5.24. The quantitative estimate of drug-likeness (QED) is 0.498. The summed E-state index contributed by atoms with van der Waals surface area (Å²) < 4.78 is 4.66. The lowest BCUT2D eigenvalue weighted by Gasteiger charge is -1.88. The first-order valence-electron chi connectivity index (χ1n) is 2.84. The number of rotatable bonds is 3. The largest absolute Gasteiger partial charge is 0.433 e. The van der Waals surface area contributed by atoms with Crippen LogP contribution in [0.3, 0.4) is 0 Å². The Morgan fingerprint density at radius 3 is 2.91 bits per heavy atom. The molecule has 6 heteroatoms. The Morgan fingerprint density at radius 1 is 1.73 bits per heavy atom. The van der Waals surface area contributed by atoms with Gasteiger partial charge < -0.3 is 9.62 Å². The molecule has 0 bridgehead atoms. The third-order valence-electron chi connectivity index (χ3n) is 1.08. The molecule has 0 spiro atoms. The minimum Gasteiger partial charge on any atom is -0.404 e. The monoisotopic (exact) mass is 158 g/mol. The molecule has 0 amide bonds. The molecule has 0 aliphatic carbocycles. The fourth-order valence-corrected chi connectivity index (χ4v) is 0.638. The molecular weight excluding hydrogens is 152 g/mol. The predicted molar refractivity (Wildman–Crippen MR) is 34.0 cm³/mol. The number of nitro groups is 1. The standard InChI is InChI=1S/C5H6N2O4/c8-6-3-4-1-2-5(11-4)7(9)10/h1-2,6,8H,3H2. The van der Waals surface area contributed by atoms with E-state index in [4.69, 9.17) is 5.21 Å². The van der Waals surface area contributed by atoms with E-state index in [1.807, 2.05) is 5.48 Å². The maximum Gasteiger partial charge on any atom is 0.433 e. The molecule has 11 heavy (non-hydrogen) atoms. The number of nitrogens with zero attached hydrogens (tertiary/aromatic N) is 1. The van der Waals surface area contributed by atoms with E-state index in [-0.39, 0.29) is 12.4 Å². The lowest BCUT2D eigenvalue weighted by atomic mass is 10.5. The fraction of sp³-hybridized carbons (Fsp3) is 0.200. The molecule has 0 aliphatic heterocycles. The van der Waals surface area contributed by atoms with Gasteiger partial charge in [-0.25, -0.2) is 0 Å². The van der Waals surface area contributed by atoms with E-state index in [2.05, 4.69) is 4.42 Å². The van der Waals surface area contributed by atoms with Crippen LogP contribution in [-0.2, 0) is 6.54 Å². The smallest absolute Gasteiger partial charge is 0.404 e. The Balaban J connectivity index is 2.73. The van der Waals surface area contributed by atoms with Gasteiger partial charge in [-0.2, -0.15) is 5.48 Å². The highest BCUT2D eigenvalue weighted by Crippen LogP contribution is 2.14. The second kappa shape index (κ2) is 3.13. The van der Waals surface area contributed by atoms with Crippen molar-refractivity contribution >= 4 is 5.88 Å². The van der Waals surface area contributed by atoms with E-state index in [9.17, 15) is 10.1 Å². The molecule has 1 heterocycles. The van der Waals surface area contributed by atoms with E-state index in [0.717, 1.165) is 0 Å². The molecule has 0 aliphatic rings. The minimum absolute atomic E-state index is 0.0633. The summed E-state index contributed by atoms with van der Waals surface area (Å²) in [6.45, 7) is 0.0633. The van der Waals surface area contributed by atoms with Crippen molar-refractivity contribution in [3.63, 3.8) is 0 Å². The van der Waals surface area contributed by atoms with Crippen LogP contribution in [0.25, 0.3) is 0 Å². The summed E-state index contributed by atoms with van der Waals surface area (Å²) in [5.74, 6) is -0.00514. The molecule has 0 unspecified atom stereocenters. The Kier molecular flexibility index (Phi) is 2.19. The van der Waals surface area contributed by atoms with Gasteiger partial charge in [-0.1, -0.05) is 0 Å². The molecule has 60 valence electrons. The Labute approximate surface area is 61.5 Å². The molecule has 2 N–H and O–H groups in total. The number of furan rings is 1. The average Bonchev–Trinajstić information content (AvgIpc) is 2.37. The predicted octanol–water partition coefficient (Wildman–Crippen LogP) is 0.667. The first-order valence-corrected chi connectivity index (χ1v) is 2.84. The van der Waals surface area contributed by atoms with Crippen molar-refractivity contribution in [3.8, 4) is 0 Å². The highest BCUT2D eigenvalue weighted by Gasteiger charge is 2.10. The third-order valence-corrected chi connectivity index (χ3v) is 1.08. The van der Waals surface area contributed by atoms with Crippen LogP contribution in [-0.4, -0.2) is 10.1 Å². The Bertz CT molecular complexity index is 257. The van der Waals surface area contributed by atoms with E-state index in [1.165, 1.54) is 12.1 Å². The van der Waals surface area contributed by atoms with Crippen LogP contribution in [0.15, 0.2) is 16.5 Å². The minimum atomic E-state index is -0.638. The molecule has 6 nitrogen and oxygen atoms in total. The fourth-order valence-electron chi connectivity index (χ4n) is 0.638. The highest BCUT2D eigenvalue weighted by atomic mass is 16.6. The molecule has 0 aromatic carbocycles. The van der Waals surface area contributed by atoms with Gasteiger partial charge in [0.15, 0.2) is 0 Å². The molecule has 0 atom stereocenters. The molecule has 0 radical (unpaired) electrons. The van der Waals surface area contributed by atoms with E-state index in [1.54, 1.807) is 0 Å². The van der Waals surface area contributed by atoms with Gasteiger partial charge in [-0.3, -0.25) is 10.1 Å². The summed E-state index contributed by atoms with van der Waals surface area (Å²) in [5, 5.41) is 18.2. The van der Waals surface area contributed by atoms with Gasteiger partial charge in [0.25, 0.3) is 0 Å². The van der Waals surface area contributed by atoms with Crippen LogP contribution in [0.5, 0.6) is 0 Å². The highest BCUT2D eigenvalue weighted by molar-refractivity contribution is 5.17. The van der Waals surface area contributed by atoms with Gasteiger partial charge in [-0.15, -0.1) is 0 Å². The summed E-state index contributed by atoms with van der Waals surface area (Å²) >= 11 is 0. The molecule has 1 rings (SSSR count). The lowest BCUT2D eigenvalue weighted by molar-refractivity contribution is -0.402. The first kappa shape index (κ1) is 7.70. The van der Waals surface area contributed by atoms with Crippen molar-refractivity contribution < 1.29 is 14.5 Å². The summed E-state index contributed by atoms with van der Waals surface area (Å²) in [6, 6.07) is 2.65. The maximum atomic E-state index is 10.0. The van der Waals surface area contributed by atoms with Crippen LogP contribution in [0.4, 0.5) is 5.88 Å². The zero-order valence-electron chi connectivity index (χ0n) is 5.48. The van der Waals surface area contributed by atoms with Gasteiger partial charge >= 0.3 is 5.88 Å². The second-order valence-electron chi connectivity index (χ2n) is 1.83. The third kappa shape index (κ3) is 1.76. The molecular formula is C5H6N2O4. The number of hydrogen-bond donors (Lipinski definition) is 2. The van der Waals surface area contributed by atoms with Crippen molar-refractivity contribution in [2.24, 2.45) is 0 Å². The topological polar surface area (TPSA) is 88.5 Å². The average molecular weight is 158 g/mol. The van der Waals surface area contributed by atoms with Crippen molar-refractivity contribution in [1.82, 2.24) is 5.48 Å².